The molecule has 0 spiro atoms. The van der Waals surface area contributed by atoms with E-state index in [0.29, 0.717) is 11.7 Å². The number of anilines is 1. The lowest BCUT2D eigenvalue weighted by Crippen LogP contribution is -2.30. The van der Waals surface area contributed by atoms with Gasteiger partial charge in [0.25, 0.3) is 0 Å². The van der Waals surface area contributed by atoms with E-state index in [9.17, 15) is 9.18 Å². The number of aromatic nitrogens is 3. The fourth-order valence-corrected chi connectivity index (χ4v) is 4.61. The SMILES string of the molecule is O=C(CSc1nnc(CN2CCCCC2)n1Cc1ccccc1)Nc1ccc(Cl)cc1F. The zero-order chi connectivity index (χ0) is 22.3. The van der Waals surface area contributed by atoms with E-state index in [1.54, 1.807) is 0 Å². The highest BCUT2D eigenvalue weighted by molar-refractivity contribution is 7.99. The Hall–Kier alpha value is -2.42. The van der Waals surface area contributed by atoms with E-state index in [1.807, 2.05) is 18.2 Å². The van der Waals surface area contributed by atoms with Crippen molar-refractivity contribution < 1.29 is 9.18 Å². The summed E-state index contributed by atoms with van der Waals surface area (Å²) in [5.74, 6) is 0.107. The Bertz CT molecular complexity index is 1060. The summed E-state index contributed by atoms with van der Waals surface area (Å²) in [6, 6.07) is 14.3. The number of carbonyl (C=O) groups is 1. The van der Waals surface area contributed by atoms with E-state index < -0.39 is 5.82 Å². The van der Waals surface area contributed by atoms with Gasteiger partial charge in [0.05, 0.1) is 24.5 Å². The molecule has 0 atom stereocenters. The molecule has 168 valence electrons. The topological polar surface area (TPSA) is 63.1 Å². The maximum Gasteiger partial charge on any atom is 0.234 e. The maximum atomic E-state index is 14.0. The van der Waals surface area contributed by atoms with Crippen molar-refractivity contribution in [3.05, 3.63) is 70.8 Å². The number of thioether (sulfide) groups is 1. The average Bonchev–Trinajstić information content (AvgIpc) is 3.16. The van der Waals surface area contributed by atoms with Gasteiger partial charge in [0, 0.05) is 5.02 Å². The molecule has 0 unspecified atom stereocenters. The summed E-state index contributed by atoms with van der Waals surface area (Å²) in [7, 11) is 0. The highest BCUT2D eigenvalue weighted by Gasteiger charge is 2.19. The zero-order valence-electron chi connectivity index (χ0n) is 17.6. The van der Waals surface area contributed by atoms with Crippen molar-refractivity contribution in [3.63, 3.8) is 0 Å². The van der Waals surface area contributed by atoms with Gasteiger partial charge < -0.3 is 9.88 Å². The standard InChI is InChI=1S/C23H25ClFN5OS/c24-18-9-10-20(19(25)13-18)26-22(31)16-32-23-28-27-21(15-29-11-5-2-6-12-29)30(23)14-17-7-3-1-4-8-17/h1,3-4,7-10,13H,2,5-6,11-12,14-16H2,(H,26,31). The predicted molar refractivity (Wildman–Crippen MR) is 125 cm³/mol. The highest BCUT2D eigenvalue weighted by Crippen LogP contribution is 2.23. The molecule has 1 aliphatic heterocycles. The minimum absolute atomic E-state index is 0.0959. The van der Waals surface area contributed by atoms with E-state index in [2.05, 4.69) is 37.1 Å². The number of halogens is 2. The van der Waals surface area contributed by atoms with Crippen LogP contribution in [0.25, 0.3) is 0 Å². The van der Waals surface area contributed by atoms with Crippen molar-refractivity contribution in [2.45, 2.75) is 37.5 Å². The summed E-state index contributed by atoms with van der Waals surface area (Å²) in [4.78, 5) is 14.8. The van der Waals surface area contributed by atoms with Crippen LogP contribution in [0.2, 0.25) is 5.02 Å². The lowest BCUT2D eigenvalue weighted by Gasteiger charge is -2.26. The van der Waals surface area contributed by atoms with Crippen molar-refractivity contribution in [3.8, 4) is 0 Å². The second kappa shape index (κ2) is 10.9. The van der Waals surface area contributed by atoms with Gasteiger partial charge in [-0.1, -0.05) is 60.1 Å². The van der Waals surface area contributed by atoms with Crippen molar-refractivity contribution in [1.29, 1.82) is 0 Å². The molecule has 0 bridgehead atoms. The van der Waals surface area contributed by atoms with Crippen LogP contribution in [0.1, 0.15) is 30.7 Å². The number of piperidine rings is 1. The van der Waals surface area contributed by atoms with Crippen LogP contribution in [0.4, 0.5) is 10.1 Å². The van der Waals surface area contributed by atoms with E-state index in [0.717, 1.165) is 31.0 Å². The summed E-state index contributed by atoms with van der Waals surface area (Å²) in [6.45, 7) is 3.50. The number of nitrogens with one attached hydrogen (secondary N) is 1. The second-order valence-corrected chi connectivity index (χ2v) is 9.15. The summed E-state index contributed by atoms with van der Waals surface area (Å²) < 4.78 is 16.0. The van der Waals surface area contributed by atoms with Gasteiger partial charge >= 0.3 is 0 Å². The molecule has 32 heavy (non-hydrogen) atoms. The summed E-state index contributed by atoms with van der Waals surface area (Å²) >= 11 is 7.07. The van der Waals surface area contributed by atoms with Crippen molar-refractivity contribution in [2.75, 3.05) is 24.2 Å². The zero-order valence-corrected chi connectivity index (χ0v) is 19.2. The van der Waals surface area contributed by atoms with Crippen LogP contribution in [-0.2, 0) is 17.9 Å². The summed E-state index contributed by atoms with van der Waals surface area (Å²) in [5.41, 5.74) is 1.25. The number of carbonyl (C=O) groups excluding carboxylic acids is 1. The Morgan fingerprint density at radius 2 is 1.84 bits per heavy atom. The van der Waals surface area contributed by atoms with Crippen molar-refractivity contribution in [2.24, 2.45) is 0 Å². The molecule has 0 radical (unpaired) electrons. The first kappa shape index (κ1) is 22.8. The predicted octanol–water partition coefficient (Wildman–Crippen LogP) is 4.84. The molecule has 4 rings (SSSR count). The number of benzene rings is 2. The first-order valence-electron chi connectivity index (χ1n) is 10.6. The van der Waals surface area contributed by atoms with Gasteiger partial charge in [-0.25, -0.2) is 4.39 Å². The molecular weight excluding hydrogens is 449 g/mol. The van der Waals surface area contributed by atoms with Crippen LogP contribution in [-0.4, -0.2) is 44.4 Å². The smallest absolute Gasteiger partial charge is 0.234 e. The Kier molecular flexibility index (Phi) is 7.78. The summed E-state index contributed by atoms with van der Waals surface area (Å²) in [6.07, 6.45) is 3.68. The number of nitrogens with zero attached hydrogens (tertiary/aromatic N) is 4. The van der Waals surface area contributed by atoms with Crippen LogP contribution in [0.3, 0.4) is 0 Å². The van der Waals surface area contributed by atoms with E-state index >= 15 is 0 Å². The molecule has 3 aromatic rings. The molecule has 1 saturated heterocycles. The van der Waals surface area contributed by atoms with Gasteiger partial charge in [0.2, 0.25) is 5.91 Å². The number of amides is 1. The van der Waals surface area contributed by atoms with Crippen LogP contribution < -0.4 is 5.32 Å². The molecule has 9 heteroatoms. The van der Waals surface area contributed by atoms with E-state index in [4.69, 9.17) is 11.6 Å². The van der Waals surface area contributed by atoms with Crippen LogP contribution in [0.5, 0.6) is 0 Å². The first-order valence-corrected chi connectivity index (χ1v) is 12.0. The third kappa shape index (κ3) is 6.09. The van der Waals surface area contributed by atoms with Gasteiger partial charge in [-0.2, -0.15) is 0 Å². The second-order valence-electron chi connectivity index (χ2n) is 7.77. The lowest BCUT2D eigenvalue weighted by atomic mass is 10.1. The Morgan fingerprint density at radius 3 is 2.59 bits per heavy atom. The molecule has 1 fully saturated rings. The minimum Gasteiger partial charge on any atom is -0.323 e. The molecule has 2 heterocycles. The molecule has 0 aliphatic carbocycles. The number of hydrogen-bond acceptors (Lipinski definition) is 5. The molecule has 6 nitrogen and oxygen atoms in total. The normalized spacial score (nSPS) is 14.4. The highest BCUT2D eigenvalue weighted by atomic mass is 35.5. The lowest BCUT2D eigenvalue weighted by molar-refractivity contribution is -0.113. The molecular formula is C23H25ClFN5OS. The molecule has 1 amide bonds. The fraction of sp³-hybridized carbons (Fsp3) is 0.348. The third-order valence-corrected chi connectivity index (χ3v) is 6.53. The van der Waals surface area contributed by atoms with Gasteiger partial charge in [-0.3, -0.25) is 9.69 Å². The summed E-state index contributed by atoms with van der Waals surface area (Å²) in [5, 5.41) is 12.3. The Morgan fingerprint density at radius 1 is 1.06 bits per heavy atom. The number of hydrogen-bond donors (Lipinski definition) is 1. The van der Waals surface area contributed by atoms with Crippen molar-refractivity contribution in [1.82, 2.24) is 19.7 Å². The van der Waals surface area contributed by atoms with E-state index in [1.165, 1.54) is 49.2 Å². The van der Waals surface area contributed by atoms with Gasteiger partial charge in [-0.05, 0) is 49.7 Å². The monoisotopic (exact) mass is 473 g/mol. The minimum atomic E-state index is -0.563. The average molecular weight is 474 g/mol. The Labute approximate surface area is 196 Å². The third-order valence-electron chi connectivity index (χ3n) is 5.33. The van der Waals surface area contributed by atoms with Crippen molar-refractivity contribution >= 4 is 35.0 Å². The molecule has 1 aromatic heterocycles. The number of rotatable bonds is 8. The quantitative estimate of drug-likeness (QED) is 0.474. The van der Waals surface area contributed by atoms with Crippen LogP contribution in [0, 0.1) is 5.82 Å². The fourth-order valence-electron chi connectivity index (χ4n) is 3.69. The molecule has 2 aromatic carbocycles. The number of likely N-dealkylation sites (tertiary alicyclic amines) is 1. The van der Waals surface area contributed by atoms with Gasteiger partial charge in [0.15, 0.2) is 5.16 Å². The first-order chi connectivity index (χ1) is 15.6. The molecule has 1 N–H and O–H groups in total. The van der Waals surface area contributed by atoms with Gasteiger partial charge in [-0.15, -0.1) is 10.2 Å². The largest absolute Gasteiger partial charge is 0.323 e. The maximum absolute atomic E-state index is 14.0. The molecule has 1 aliphatic rings. The van der Waals surface area contributed by atoms with E-state index in [-0.39, 0.29) is 22.4 Å². The van der Waals surface area contributed by atoms with Crippen LogP contribution in [0.15, 0.2) is 53.7 Å². The Balaban J connectivity index is 1.46. The van der Waals surface area contributed by atoms with Crippen LogP contribution >= 0.6 is 23.4 Å². The van der Waals surface area contributed by atoms with Gasteiger partial charge in [0.1, 0.15) is 11.6 Å². The molecule has 0 saturated carbocycles.